The van der Waals surface area contributed by atoms with Gasteiger partial charge in [-0.3, -0.25) is 4.79 Å². The van der Waals surface area contributed by atoms with Gasteiger partial charge in [0, 0.05) is 24.8 Å². The summed E-state index contributed by atoms with van der Waals surface area (Å²) in [7, 11) is 0. The summed E-state index contributed by atoms with van der Waals surface area (Å²) >= 11 is 0. The van der Waals surface area contributed by atoms with Gasteiger partial charge in [-0.25, -0.2) is 4.79 Å². The van der Waals surface area contributed by atoms with Gasteiger partial charge >= 0.3 is 6.03 Å². The maximum Gasteiger partial charge on any atom is 0.319 e. The van der Waals surface area contributed by atoms with Gasteiger partial charge in [-0.1, -0.05) is 30.3 Å². The second-order valence-electron chi connectivity index (χ2n) is 6.35. The number of hydrogen-bond acceptors (Lipinski definition) is 2. The normalized spacial score (nSPS) is 14.4. The molecule has 0 fully saturated rings. The summed E-state index contributed by atoms with van der Waals surface area (Å²) in [6, 6.07) is 15.2. The third kappa shape index (κ3) is 3.99. The van der Waals surface area contributed by atoms with E-state index < -0.39 is 0 Å². The Morgan fingerprint density at radius 3 is 2.60 bits per heavy atom. The number of benzene rings is 2. The first-order valence-corrected chi connectivity index (χ1v) is 8.58. The molecular weight excluding hydrogens is 314 g/mol. The molecule has 2 aromatic rings. The van der Waals surface area contributed by atoms with Gasteiger partial charge in [0.1, 0.15) is 0 Å². The van der Waals surface area contributed by atoms with Crippen molar-refractivity contribution >= 4 is 23.3 Å². The van der Waals surface area contributed by atoms with Gasteiger partial charge in [0.25, 0.3) is 0 Å². The van der Waals surface area contributed by atoms with Crippen LogP contribution in [0.5, 0.6) is 0 Å². The lowest BCUT2D eigenvalue weighted by molar-refractivity contribution is -0.116. The molecule has 2 N–H and O–H groups in total. The van der Waals surface area contributed by atoms with E-state index in [2.05, 4.69) is 10.6 Å². The number of rotatable bonds is 3. The summed E-state index contributed by atoms with van der Waals surface area (Å²) in [5, 5.41) is 5.82. The zero-order chi connectivity index (χ0) is 17.8. The zero-order valence-electron chi connectivity index (χ0n) is 14.6. The molecule has 3 amide bonds. The molecule has 1 atom stereocenters. The number of carbonyl (C=O) groups is 2. The Morgan fingerprint density at radius 1 is 1.12 bits per heavy atom. The first kappa shape index (κ1) is 17.0. The highest BCUT2D eigenvalue weighted by molar-refractivity contribution is 5.94. The minimum absolute atomic E-state index is 0.0519. The quantitative estimate of drug-likeness (QED) is 0.893. The van der Waals surface area contributed by atoms with E-state index in [0.717, 1.165) is 41.9 Å². The molecule has 2 aromatic carbocycles. The van der Waals surface area contributed by atoms with Crippen LogP contribution in [-0.2, 0) is 11.2 Å². The summed E-state index contributed by atoms with van der Waals surface area (Å²) in [4.78, 5) is 25.8. The van der Waals surface area contributed by atoms with Gasteiger partial charge in [0.05, 0.1) is 6.04 Å². The van der Waals surface area contributed by atoms with E-state index in [0.29, 0.717) is 0 Å². The van der Waals surface area contributed by atoms with Crippen LogP contribution < -0.4 is 15.5 Å². The Kier molecular flexibility index (Phi) is 5.03. The number of urea groups is 1. The molecule has 0 aromatic heterocycles. The molecular formula is C20H23N3O2. The average molecular weight is 337 g/mol. The topological polar surface area (TPSA) is 61.4 Å². The Bertz CT molecular complexity index is 774. The molecule has 0 radical (unpaired) electrons. The summed E-state index contributed by atoms with van der Waals surface area (Å²) < 4.78 is 0. The highest BCUT2D eigenvalue weighted by atomic mass is 16.2. The van der Waals surface area contributed by atoms with Crippen LogP contribution in [0.4, 0.5) is 16.2 Å². The number of fused-ring (bicyclic) bond motifs is 1. The number of nitrogens with one attached hydrogen (secondary N) is 2. The molecule has 0 saturated carbocycles. The lowest BCUT2D eigenvalue weighted by Crippen LogP contribution is -2.34. The molecule has 5 nitrogen and oxygen atoms in total. The van der Waals surface area contributed by atoms with Crippen LogP contribution >= 0.6 is 0 Å². The van der Waals surface area contributed by atoms with Crippen LogP contribution in [0, 0.1) is 0 Å². The Labute approximate surface area is 148 Å². The molecule has 0 spiro atoms. The fraction of sp³-hybridized carbons (Fsp3) is 0.300. The number of hydrogen-bond donors (Lipinski definition) is 2. The predicted molar refractivity (Wildman–Crippen MR) is 99.8 cm³/mol. The third-order valence-electron chi connectivity index (χ3n) is 4.48. The van der Waals surface area contributed by atoms with Crippen molar-refractivity contribution in [3.05, 3.63) is 59.7 Å². The van der Waals surface area contributed by atoms with Crippen molar-refractivity contribution in [3.63, 3.8) is 0 Å². The fourth-order valence-corrected chi connectivity index (χ4v) is 3.19. The molecule has 130 valence electrons. The monoisotopic (exact) mass is 337 g/mol. The molecule has 3 rings (SSSR count). The predicted octanol–water partition coefficient (Wildman–Crippen LogP) is 3.87. The van der Waals surface area contributed by atoms with Crippen LogP contribution in [0.25, 0.3) is 0 Å². The summed E-state index contributed by atoms with van der Waals surface area (Å²) in [6.07, 6.45) is 1.85. The molecule has 5 heteroatoms. The summed E-state index contributed by atoms with van der Waals surface area (Å²) in [5.74, 6) is 0.0519. The third-order valence-corrected chi connectivity index (χ3v) is 4.48. The molecule has 0 unspecified atom stereocenters. The fourth-order valence-electron chi connectivity index (χ4n) is 3.19. The van der Waals surface area contributed by atoms with Gasteiger partial charge in [-0.2, -0.15) is 0 Å². The standard InChI is InChI=1S/C20H23N3O2/c1-14(16-7-4-3-5-8-16)21-20(25)22-18-10-11-19-17(13-18)9-6-12-23(19)15(2)24/h3-5,7-8,10-11,13-14H,6,9,12H2,1-2H3,(H2,21,22,25)/t14-/m1/s1. The molecule has 1 aliphatic rings. The van der Waals surface area contributed by atoms with Crippen molar-refractivity contribution < 1.29 is 9.59 Å². The van der Waals surface area contributed by atoms with Crippen LogP contribution in [0.3, 0.4) is 0 Å². The molecule has 1 heterocycles. The summed E-state index contributed by atoms with van der Waals surface area (Å²) in [6.45, 7) is 4.29. The van der Waals surface area contributed by atoms with E-state index in [-0.39, 0.29) is 18.0 Å². The van der Waals surface area contributed by atoms with Gasteiger partial charge in [-0.15, -0.1) is 0 Å². The average Bonchev–Trinajstić information content (AvgIpc) is 2.61. The Morgan fingerprint density at radius 2 is 1.88 bits per heavy atom. The van der Waals surface area contributed by atoms with E-state index in [1.807, 2.05) is 55.5 Å². The maximum atomic E-state index is 12.3. The van der Waals surface area contributed by atoms with Crippen LogP contribution in [0.15, 0.2) is 48.5 Å². The smallest absolute Gasteiger partial charge is 0.319 e. The largest absolute Gasteiger partial charge is 0.331 e. The van der Waals surface area contributed by atoms with Crippen LogP contribution in [0.1, 0.15) is 37.4 Å². The Balaban J connectivity index is 1.67. The highest BCUT2D eigenvalue weighted by Gasteiger charge is 2.20. The molecule has 0 aliphatic carbocycles. The van der Waals surface area contributed by atoms with Crippen molar-refractivity contribution in [2.45, 2.75) is 32.7 Å². The molecule has 25 heavy (non-hydrogen) atoms. The van der Waals surface area contributed by atoms with E-state index in [1.165, 1.54) is 0 Å². The molecule has 0 bridgehead atoms. The zero-order valence-corrected chi connectivity index (χ0v) is 14.6. The van der Waals surface area contributed by atoms with Gasteiger partial charge < -0.3 is 15.5 Å². The minimum Gasteiger partial charge on any atom is -0.331 e. The number of anilines is 2. The van der Waals surface area contributed by atoms with E-state index in [9.17, 15) is 9.59 Å². The Hall–Kier alpha value is -2.82. The van der Waals surface area contributed by atoms with Crippen molar-refractivity contribution in [2.75, 3.05) is 16.8 Å². The van der Waals surface area contributed by atoms with Crippen molar-refractivity contribution in [2.24, 2.45) is 0 Å². The number of nitrogens with zero attached hydrogens (tertiary/aromatic N) is 1. The SMILES string of the molecule is CC(=O)N1CCCc2cc(NC(=O)N[C@H](C)c3ccccc3)ccc21. The number of aryl methyl sites for hydroxylation is 1. The van der Waals surface area contributed by atoms with Crippen molar-refractivity contribution in [1.29, 1.82) is 0 Å². The van der Waals surface area contributed by atoms with Crippen molar-refractivity contribution in [3.8, 4) is 0 Å². The van der Waals surface area contributed by atoms with Crippen LogP contribution in [0.2, 0.25) is 0 Å². The number of amides is 3. The molecule has 1 aliphatic heterocycles. The summed E-state index contributed by atoms with van der Waals surface area (Å²) in [5.41, 5.74) is 3.83. The van der Waals surface area contributed by atoms with Gasteiger partial charge in [0.15, 0.2) is 0 Å². The molecule has 0 saturated heterocycles. The van der Waals surface area contributed by atoms with Gasteiger partial charge in [-0.05, 0) is 49.1 Å². The minimum atomic E-state index is -0.240. The maximum absolute atomic E-state index is 12.3. The first-order chi connectivity index (χ1) is 12.0. The van der Waals surface area contributed by atoms with E-state index >= 15 is 0 Å². The van der Waals surface area contributed by atoms with E-state index in [1.54, 1.807) is 11.8 Å². The first-order valence-electron chi connectivity index (χ1n) is 8.58. The highest BCUT2D eigenvalue weighted by Crippen LogP contribution is 2.29. The second-order valence-corrected chi connectivity index (χ2v) is 6.35. The van der Waals surface area contributed by atoms with E-state index in [4.69, 9.17) is 0 Å². The van der Waals surface area contributed by atoms with Crippen molar-refractivity contribution in [1.82, 2.24) is 5.32 Å². The van der Waals surface area contributed by atoms with Crippen LogP contribution in [-0.4, -0.2) is 18.5 Å². The van der Waals surface area contributed by atoms with Gasteiger partial charge in [0.2, 0.25) is 5.91 Å². The lowest BCUT2D eigenvalue weighted by Gasteiger charge is -2.29. The number of carbonyl (C=O) groups excluding carboxylic acids is 2. The second kappa shape index (κ2) is 7.38. The lowest BCUT2D eigenvalue weighted by atomic mass is 10.0.